The van der Waals surface area contributed by atoms with Crippen molar-refractivity contribution in [3.63, 3.8) is 0 Å². The molecule has 0 amide bonds. The van der Waals surface area contributed by atoms with Crippen LogP contribution in [0.1, 0.15) is 25.8 Å². The van der Waals surface area contributed by atoms with Crippen LogP contribution in [0.5, 0.6) is 0 Å². The Morgan fingerprint density at radius 1 is 1.55 bits per heavy atom. The lowest BCUT2D eigenvalue weighted by Gasteiger charge is -2.14. The number of halogens is 2. The highest BCUT2D eigenvalue weighted by molar-refractivity contribution is 9.10. The van der Waals surface area contributed by atoms with Crippen LogP contribution in [0.3, 0.4) is 0 Å². The molecule has 2 aromatic rings. The maximum atomic E-state index is 13.1. The third kappa shape index (κ3) is 3.01. The molecule has 0 saturated carbocycles. The number of aromatic nitrogens is 4. The van der Waals surface area contributed by atoms with Crippen LogP contribution in [0, 0.1) is 5.82 Å². The highest BCUT2D eigenvalue weighted by Crippen LogP contribution is 2.29. The van der Waals surface area contributed by atoms with Crippen molar-refractivity contribution in [1.82, 2.24) is 20.2 Å². The zero-order valence-electron chi connectivity index (χ0n) is 10.6. The smallest absolute Gasteiger partial charge is 0.305 e. The van der Waals surface area contributed by atoms with E-state index in [2.05, 4.69) is 31.5 Å². The molecule has 0 spiro atoms. The lowest BCUT2D eigenvalue weighted by atomic mass is 10.1. The van der Waals surface area contributed by atoms with Crippen LogP contribution < -0.4 is 0 Å². The first-order chi connectivity index (χ1) is 9.52. The van der Waals surface area contributed by atoms with E-state index in [9.17, 15) is 9.18 Å². The quantitative estimate of drug-likeness (QED) is 0.903. The summed E-state index contributed by atoms with van der Waals surface area (Å²) in [4.78, 5) is 10.9. The molecule has 106 valence electrons. The molecule has 0 aliphatic heterocycles. The standard InChI is InChI=1S/C12H12BrFN4O2/c1-2-8(6-11(19)20)18-12(15-16-17-18)9-4-3-7(14)5-10(9)13/h3-5,8H,2,6H2,1H3,(H,19,20). The van der Waals surface area contributed by atoms with Crippen LogP contribution >= 0.6 is 15.9 Å². The van der Waals surface area contributed by atoms with Crippen molar-refractivity contribution in [2.75, 3.05) is 0 Å². The molecule has 1 atom stereocenters. The molecule has 0 fully saturated rings. The Bertz CT molecular complexity index is 632. The van der Waals surface area contributed by atoms with Crippen LogP contribution in [-0.2, 0) is 4.79 Å². The van der Waals surface area contributed by atoms with Gasteiger partial charge in [-0.1, -0.05) is 6.92 Å². The Kier molecular flexibility index (Phi) is 4.43. The van der Waals surface area contributed by atoms with Crippen molar-refractivity contribution in [2.24, 2.45) is 0 Å². The highest BCUT2D eigenvalue weighted by atomic mass is 79.9. The minimum Gasteiger partial charge on any atom is -0.481 e. The van der Waals surface area contributed by atoms with E-state index >= 15 is 0 Å². The minimum absolute atomic E-state index is 0.0760. The topological polar surface area (TPSA) is 80.9 Å². The summed E-state index contributed by atoms with van der Waals surface area (Å²) in [6.45, 7) is 1.86. The van der Waals surface area contributed by atoms with Gasteiger partial charge < -0.3 is 5.11 Å². The van der Waals surface area contributed by atoms with Gasteiger partial charge in [0.2, 0.25) is 0 Å². The van der Waals surface area contributed by atoms with Gasteiger partial charge in [0.1, 0.15) is 5.82 Å². The summed E-state index contributed by atoms with van der Waals surface area (Å²) >= 11 is 3.26. The first kappa shape index (κ1) is 14.6. The predicted molar refractivity (Wildman–Crippen MR) is 72.5 cm³/mol. The van der Waals surface area contributed by atoms with Crippen LogP contribution in [0.25, 0.3) is 11.4 Å². The van der Waals surface area contributed by atoms with Crippen molar-refractivity contribution >= 4 is 21.9 Å². The van der Waals surface area contributed by atoms with Gasteiger partial charge in [0.25, 0.3) is 0 Å². The second-order valence-electron chi connectivity index (χ2n) is 4.23. The molecule has 6 nitrogen and oxygen atoms in total. The van der Waals surface area contributed by atoms with E-state index in [0.717, 1.165) is 0 Å². The number of aliphatic carboxylic acids is 1. The zero-order chi connectivity index (χ0) is 14.7. The van der Waals surface area contributed by atoms with Crippen molar-refractivity contribution in [2.45, 2.75) is 25.8 Å². The lowest BCUT2D eigenvalue weighted by molar-refractivity contribution is -0.138. The molecule has 2 rings (SSSR count). The fraction of sp³-hybridized carbons (Fsp3) is 0.333. The maximum absolute atomic E-state index is 13.1. The second-order valence-corrected chi connectivity index (χ2v) is 5.09. The number of nitrogens with zero attached hydrogens (tertiary/aromatic N) is 4. The fourth-order valence-corrected chi connectivity index (χ4v) is 2.42. The van der Waals surface area contributed by atoms with Gasteiger partial charge in [0, 0.05) is 10.0 Å². The van der Waals surface area contributed by atoms with Gasteiger partial charge in [0.05, 0.1) is 12.5 Å². The van der Waals surface area contributed by atoms with E-state index in [1.165, 1.54) is 16.8 Å². The van der Waals surface area contributed by atoms with Gasteiger partial charge >= 0.3 is 5.97 Å². The minimum atomic E-state index is -0.920. The number of tetrazole rings is 1. The third-order valence-corrected chi connectivity index (χ3v) is 3.55. The molecule has 8 heteroatoms. The van der Waals surface area contributed by atoms with Gasteiger partial charge in [-0.25, -0.2) is 9.07 Å². The second kappa shape index (κ2) is 6.08. The van der Waals surface area contributed by atoms with Gasteiger partial charge in [0.15, 0.2) is 5.82 Å². The Morgan fingerprint density at radius 3 is 2.90 bits per heavy atom. The van der Waals surface area contributed by atoms with Gasteiger partial charge in [-0.15, -0.1) is 5.10 Å². The predicted octanol–water partition coefficient (Wildman–Crippen LogP) is 2.67. The number of rotatable bonds is 5. The highest BCUT2D eigenvalue weighted by Gasteiger charge is 2.21. The molecule has 1 aromatic carbocycles. The number of hydrogen-bond acceptors (Lipinski definition) is 4. The zero-order valence-corrected chi connectivity index (χ0v) is 12.2. The van der Waals surface area contributed by atoms with E-state index in [-0.39, 0.29) is 18.3 Å². The number of carbonyl (C=O) groups is 1. The molecule has 0 saturated heterocycles. The summed E-state index contributed by atoms with van der Waals surface area (Å²) in [5.41, 5.74) is 0.611. The van der Waals surface area contributed by atoms with Crippen molar-refractivity contribution in [3.8, 4) is 11.4 Å². The van der Waals surface area contributed by atoms with Crippen LogP contribution in [0.4, 0.5) is 4.39 Å². The summed E-state index contributed by atoms with van der Waals surface area (Å²) in [6, 6.07) is 3.81. The summed E-state index contributed by atoms with van der Waals surface area (Å²) in [6.07, 6.45) is 0.497. The summed E-state index contributed by atoms with van der Waals surface area (Å²) in [5.74, 6) is -0.890. The molecule has 1 N–H and O–H groups in total. The Morgan fingerprint density at radius 2 is 2.30 bits per heavy atom. The van der Waals surface area contributed by atoms with E-state index in [1.54, 1.807) is 6.07 Å². The van der Waals surface area contributed by atoms with Crippen LogP contribution in [-0.4, -0.2) is 31.3 Å². The van der Waals surface area contributed by atoms with E-state index in [0.29, 0.717) is 22.3 Å². The molecule has 1 aromatic heterocycles. The van der Waals surface area contributed by atoms with Crippen LogP contribution in [0.2, 0.25) is 0 Å². The fourth-order valence-electron chi connectivity index (χ4n) is 1.89. The molecular formula is C12H12BrFN4O2. The largest absolute Gasteiger partial charge is 0.481 e. The van der Waals surface area contributed by atoms with Gasteiger partial charge in [-0.05, 0) is 51.0 Å². The molecule has 0 bridgehead atoms. The SMILES string of the molecule is CCC(CC(=O)O)n1nnnc1-c1ccc(F)cc1Br. The molecule has 1 heterocycles. The monoisotopic (exact) mass is 342 g/mol. The molecular weight excluding hydrogens is 331 g/mol. The average molecular weight is 343 g/mol. The first-order valence-corrected chi connectivity index (χ1v) is 6.77. The van der Waals surface area contributed by atoms with Crippen molar-refractivity contribution in [1.29, 1.82) is 0 Å². The third-order valence-electron chi connectivity index (χ3n) is 2.89. The number of carboxylic acids is 1. The van der Waals surface area contributed by atoms with E-state index in [4.69, 9.17) is 5.11 Å². The van der Waals surface area contributed by atoms with Crippen molar-refractivity contribution < 1.29 is 14.3 Å². The van der Waals surface area contributed by atoms with Crippen molar-refractivity contribution in [3.05, 3.63) is 28.5 Å². The first-order valence-electron chi connectivity index (χ1n) is 5.98. The molecule has 0 aliphatic carbocycles. The number of carboxylic acid groups (broad SMARTS) is 1. The van der Waals surface area contributed by atoms with Gasteiger partial charge in [-0.2, -0.15) is 0 Å². The summed E-state index contributed by atoms with van der Waals surface area (Å²) < 4.78 is 15.1. The molecule has 1 unspecified atom stereocenters. The Labute approximate surface area is 122 Å². The lowest BCUT2D eigenvalue weighted by Crippen LogP contribution is -2.15. The molecule has 20 heavy (non-hydrogen) atoms. The summed E-state index contributed by atoms with van der Waals surface area (Å²) in [7, 11) is 0. The Hall–Kier alpha value is -1.83. The summed E-state index contributed by atoms with van der Waals surface area (Å²) in [5, 5.41) is 20.3. The van der Waals surface area contributed by atoms with Crippen LogP contribution in [0.15, 0.2) is 22.7 Å². The number of hydrogen-bond donors (Lipinski definition) is 1. The van der Waals surface area contributed by atoms with E-state index in [1.807, 2.05) is 6.92 Å². The maximum Gasteiger partial charge on any atom is 0.305 e. The normalized spacial score (nSPS) is 12.3. The van der Waals surface area contributed by atoms with E-state index < -0.39 is 5.97 Å². The molecule has 0 radical (unpaired) electrons. The number of benzene rings is 1. The van der Waals surface area contributed by atoms with Gasteiger partial charge in [-0.3, -0.25) is 4.79 Å². The molecule has 0 aliphatic rings. The Balaban J connectivity index is 2.43. The average Bonchev–Trinajstić information content (AvgIpc) is 2.84.